The largest absolute Gasteiger partial charge is 0.379 e. The van der Waals surface area contributed by atoms with Crippen LogP contribution in [0.25, 0.3) is 10.2 Å². The van der Waals surface area contributed by atoms with Crippen LogP contribution in [-0.4, -0.2) is 47.8 Å². The monoisotopic (exact) mass is 447 g/mol. The fourth-order valence-corrected chi connectivity index (χ4v) is 5.15. The molecule has 1 N–H and O–H groups in total. The molecule has 0 spiro atoms. The second-order valence-corrected chi connectivity index (χ2v) is 9.55. The van der Waals surface area contributed by atoms with Crippen LogP contribution in [0.4, 0.5) is 0 Å². The second-order valence-electron chi connectivity index (χ2n) is 6.86. The van der Waals surface area contributed by atoms with Crippen molar-refractivity contribution >= 4 is 50.8 Å². The highest BCUT2D eigenvalue weighted by molar-refractivity contribution is 8.01. The molecule has 0 aliphatic carbocycles. The first-order valence-electron chi connectivity index (χ1n) is 9.49. The summed E-state index contributed by atoms with van der Waals surface area (Å²) in [7, 11) is 0. The van der Waals surface area contributed by atoms with E-state index in [1.165, 1.54) is 17.3 Å². The smallest absolute Gasteiger partial charge is 0.230 e. The standard InChI is InChI=1S/C21H22ClN3O2S2/c22-17-5-6-19-18(11-17)24-21(29-19)28-14-20(26)23-12-15-1-3-16(4-2-15)13-25-7-9-27-10-8-25/h1-6,11H,7-10,12-14H2,(H,23,26). The zero-order chi connectivity index (χ0) is 20.1. The Kier molecular flexibility index (Phi) is 7.05. The number of benzene rings is 2. The van der Waals surface area contributed by atoms with Gasteiger partial charge in [0.05, 0.1) is 29.2 Å². The van der Waals surface area contributed by atoms with E-state index >= 15 is 0 Å². The Morgan fingerprint density at radius 3 is 2.72 bits per heavy atom. The number of nitrogens with zero attached hydrogens (tertiary/aromatic N) is 2. The van der Waals surface area contributed by atoms with Crippen LogP contribution < -0.4 is 5.32 Å². The first kappa shape index (κ1) is 20.6. The van der Waals surface area contributed by atoms with Crippen molar-refractivity contribution in [1.82, 2.24) is 15.2 Å². The van der Waals surface area contributed by atoms with E-state index in [4.69, 9.17) is 16.3 Å². The number of thioether (sulfide) groups is 1. The second kappa shape index (κ2) is 9.91. The summed E-state index contributed by atoms with van der Waals surface area (Å²) >= 11 is 9.03. The lowest BCUT2D eigenvalue weighted by Crippen LogP contribution is -2.35. The molecule has 1 aliphatic heterocycles. The number of ether oxygens (including phenoxy) is 1. The van der Waals surface area contributed by atoms with Crippen molar-refractivity contribution in [2.45, 2.75) is 17.4 Å². The van der Waals surface area contributed by atoms with Crippen LogP contribution in [0.1, 0.15) is 11.1 Å². The molecule has 3 aromatic rings. The van der Waals surface area contributed by atoms with Gasteiger partial charge in [0.25, 0.3) is 0 Å². The summed E-state index contributed by atoms with van der Waals surface area (Å²) in [5.41, 5.74) is 3.26. The Morgan fingerprint density at radius 2 is 1.93 bits per heavy atom. The van der Waals surface area contributed by atoms with Gasteiger partial charge < -0.3 is 10.1 Å². The topological polar surface area (TPSA) is 54.5 Å². The predicted molar refractivity (Wildman–Crippen MR) is 120 cm³/mol. The Bertz CT molecular complexity index is 972. The molecule has 8 heteroatoms. The molecule has 0 radical (unpaired) electrons. The fraction of sp³-hybridized carbons (Fsp3) is 0.333. The molecule has 2 aromatic carbocycles. The van der Waals surface area contributed by atoms with Crippen molar-refractivity contribution in [1.29, 1.82) is 0 Å². The molecular weight excluding hydrogens is 426 g/mol. The number of thiazole rings is 1. The van der Waals surface area contributed by atoms with E-state index in [1.807, 2.05) is 18.2 Å². The Labute approximate surface area is 183 Å². The van der Waals surface area contributed by atoms with Crippen LogP contribution in [0, 0.1) is 0 Å². The quantitative estimate of drug-likeness (QED) is 0.550. The van der Waals surface area contributed by atoms with Crippen LogP contribution >= 0.6 is 34.7 Å². The number of amides is 1. The van der Waals surface area contributed by atoms with Gasteiger partial charge in [0.1, 0.15) is 0 Å². The highest BCUT2D eigenvalue weighted by atomic mass is 35.5. The number of aromatic nitrogens is 1. The lowest BCUT2D eigenvalue weighted by Gasteiger charge is -2.26. The number of hydrogen-bond acceptors (Lipinski definition) is 6. The maximum Gasteiger partial charge on any atom is 0.230 e. The Balaban J connectivity index is 1.22. The predicted octanol–water partition coefficient (Wildman–Crippen LogP) is 4.19. The van der Waals surface area contributed by atoms with Gasteiger partial charge in [-0.05, 0) is 29.3 Å². The molecule has 1 aromatic heterocycles. The zero-order valence-electron chi connectivity index (χ0n) is 15.9. The van der Waals surface area contributed by atoms with Crippen LogP contribution in [-0.2, 0) is 22.6 Å². The SMILES string of the molecule is O=C(CSc1nc2cc(Cl)ccc2s1)NCc1ccc(CN2CCOCC2)cc1. The van der Waals surface area contributed by atoms with Crippen LogP contribution in [0.5, 0.6) is 0 Å². The van der Waals surface area contributed by atoms with E-state index in [9.17, 15) is 4.79 Å². The number of hydrogen-bond donors (Lipinski definition) is 1. The molecule has 5 nitrogen and oxygen atoms in total. The molecule has 152 valence electrons. The molecule has 29 heavy (non-hydrogen) atoms. The fourth-order valence-electron chi connectivity index (χ4n) is 3.10. The van der Waals surface area contributed by atoms with Crippen molar-refractivity contribution < 1.29 is 9.53 Å². The van der Waals surface area contributed by atoms with Gasteiger partial charge in [-0.1, -0.05) is 47.6 Å². The molecule has 0 unspecified atom stereocenters. The number of halogens is 1. The third kappa shape index (κ3) is 5.93. The summed E-state index contributed by atoms with van der Waals surface area (Å²) in [5.74, 6) is 0.354. The minimum Gasteiger partial charge on any atom is -0.379 e. The molecule has 4 rings (SSSR count). The summed E-state index contributed by atoms with van der Waals surface area (Å²) in [4.78, 5) is 19.1. The third-order valence-corrected chi connectivity index (χ3v) is 7.09. The number of nitrogens with one attached hydrogen (secondary N) is 1. The average Bonchev–Trinajstić information content (AvgIpc) is 3.14. The first-order chi connectivity index (χ1) is 14.2. The highest BCUT2D eigenvalue weighted by Crippen LogP contribution is 2.30. The van der Waals surface area contributed by atoms with Crippen LogP contribution in [0.2, 0.25) is 5.02 Å². The number of rotatable bonds is 7. The van der Waals surface area contributed by atoms with Gasteiger partial charge in [0.2, 0.25) is 5.91 Å². The van der Waals surface area contributed by atoms with Crippen molar-refractivity contribution in [3.8, 4) is 0 Å². The molecule has 2 heterocycles. The van der Waals surface area contributed by atoms with Crippen LogP contribution in [0.3, 0.4) is 0 Å². The van der Waals surface area contributed by atoms with Gasteiger partial charge in [-0.3, -0.25) is 9.69 Å². The lowest BCUT2D eigenvalue weighted by atomic mass is 10.1. The van der Waals surface area contributed by atoms with Crippen molar-refractivity contribution in [2.24, 2.45) is 0 Å². The van der Waals surface area contributed by atoms with Gasteiger partial charge in [-0.15, -0.1) is 11.3 Å². The molecular formula is C21H22ClN3O2S2. The van der Waals surface area contributed by atoms with Gasteiger partial charge in [-0.25, -0.2) is 4.98 Å². The molecule has 1 aliphatic rings. The molecule has 1 saturated heterocycles. The van der Waals surface area contributed by atoms with Gasteiger partial charge in [0.15, 0.2) is 4.34 Å². The maximum atomic E-state index is 12.2. The minimum atomic E-state index is 0.00433. The van der Waals surface area contributed by atoms with Gasteiger partial charge >= 0.3 is 0 Å². The first-order valence-corrected chi connectivity index (χ1v) is 11.7. The zero-order valence-corrected chi connectivity index (χ0v) is 18.3. The normalized spacial score (nSPS) is 14.9. The summed E-state index contributed by atoms with van der Waals surface area (Å²) in [6.07, 6.45) is 0. The summed E-state index contributed by atoms with van der Waals surface area (Å²) in [6.45, 7) is 5.07. The summed E-state index contributed by atoms with van der Waals surface area (Å²) < 4.78 is 7.34. The van der Waals surface area contributed by atoms with Crippen molar-refractivity contribution in [2.75, 3.05) is 32.1 Å². The molecule has 1 amide bonds. The Morgan fingerprint density at radius 1 is 1.17 bits per heavy atom. The van der Waals surface area contributed by atoms with Gasteiger partial charge in [-0.2, -0.15) is 0 Å². The van der Waals surface area contributed by atoms with E-state index < -0.39 is 0 Å². The lowest BCUT2D eigenvalue weighted by molar-refractivity contribution is -0.118. The summed E-state index contributed by atoms with van der Waals surface area (Å²) in [6, 6.07) is 14.1. The highest BCUT2D eigenvalue weighted by Gasteiger charge is 2.11. The van der Waals surface area contributed by atoms with E-state index in [-0.39, 0.29) is 5.91 Å². The van der Waals surface area contributed by atoms with Gasteiger partial charge in [0, 0.05) is 31.2 Å². The Hall–Kier alpha value is -1.64. The van der Waals surface area contributed by atoms with E-state index in [1.54, 1.807) is 11.3 Å². The third-order valence-electron chi connectivity index (χ3n) is 4.68. The van der Waals surface area contributed by atoms with E-state index in [2.05, 4.69) is 39.5 Å². The minimum absolute atomic E-state index is 0.00433. The molecule has 1 fully saturated rings. The van der Waals surface area contributed by atoms with Crippen molar-refractivity contribution in [3.05, 3.63) is 58.6 Å². The summed E-state index contributed by atoms with van der Waals surface area (Å²) in [5, 5.41) is 3.66. The molecule has 0 bridgehead atoms. The van der Waals surface area contributed by atoms with E-state index in [0.717, 1.165) is 53.0 Å². The molecule has 0 saturated carbocycles. The maximum absolute atomic E-state index is 12.2. The number of morpholine rings is 1. The number of carbonyl (C=O) groups is 1. The molecule has 0 atom stereocenters. The number of carbonyl (C=O) groups excluding carboxylic acids is 1. The average molecular weight is 448 g/mol. The number of fused-ring (bicyclic) bond motifs is 1. The van der Waals surface area contributed by atoms with E-state index in [0.29, 0.717) is 17.3 Å². The van der Waals surface area contributed by atoms with Crippen molar-refractivity contribution in [3.63, 3.8) is 0 Å². The van der Waals surface area contributed by atoms with Crippen LogP contribution in [0.15, 0.2) is 46.8 Å².